The fraction of sp³-hybridized carbons (Fsp3) is 0.333. The summed E-state index contributed by atoms with van der Waals surface area (Å²) in [5.74, 6) is -1.04. The van der Waals surface area contributed by atoms with Crippen molar-refractivity contribution < 1.29 is 19.1 Å². The minimum absolute atomic E-state index is 0.206. The molecule has 0 saturated heterocycles. The molecule has 2 atom stereocenters. The number of ketones is 1. The van der Waals surface area contributed by atoms with Crippen LogP contribution >= 0.6 is 0 Å². The van der Waals surface area contributed by atoms with E-state index in [1.165, 1.54) is 0 Å². The lowest BCUT2D eigenvalue weighted by atomic mass is 9.73. The van der Waals surface area contributed by atoms with Crippen molar-refractivity contribution >= 4 is 23.0 Å². The van der Waals surface area contributed by atoms with Crippen LogP contribution in [0.15, 0.2) is 54.6 Å². The summed E-state index contributed by atoms with van der Waals surface area (Å²) < 4.78 is 10.4. The highest BCUT2D eigenvalue weighted by Crippen LogP contribution is 2.41. The third kappa shape index (κ3) is 4.50. The van der Waals surface area contributed by atoms with E-state index in [0.717, 1.165) is 28.1 Å². The van der Waals surface area contributed by atoms with Crippen LogP contribution in [0, 0.1) is 5.92 Å². The van der Waals surface area contributed by atoms with E-state index in [0.29, 0.717) is 6.42 Å². The second kappa shape index (κ2) is 8.95. The van der Waals surface area contributed by atoms with Gasteiger partial charge in [-0.15, -0.1) is 0 Å². The molecule has 0 radical (unpaired) electrons. The maximum Gasteiger partial charge on any atom is 0.317 e. The van der Waals surface area contributed by atoms with Crippen molar-refractivity contribution in [3.63, 3.8) is 0 Å². The second-order valence-electron chi connectivity index (χ2n) is 7.33. The molecule has 1 aliphatic carbocycles. The fourth-order valence-corrected chi connectivity index (χ4v) is 3.72. The Morgan fingerprint density at radius 1 is 1.07 bits per heavy atom. The van der Waals surface area contributed by atoms with Crippen molar-refractivity contribution in [3.8, 4) is 5.75 Å². The molecular weight excluding hydrogens is 366 g/mol. The van der Waals surface area contributed by atoms with Gasteiger partial charge in [0.25, 0.3) is 0 Å². The molecular formula is C24H27NO4. The molecule has 0 saturated carbocycles. The summed E-state index contributed by atoms with van der Waals surface area (Å²) >= 11 is 0. The molecule has 2 aromatic rings. The van der Waals surface area contributed by atoms with Crippen molar-refractivity contribution in [1.29, 1.82) is 0 Å². The van der Waals surface area contributed by atoms with Gasteiger partial charge in [0.05, 0.1) is 13.7 Å². The molecule has 0 spiro atoms. The number of nitrogens with zero attached hydrogens (tertiary/aromatic N) is 1. The van der Waals surface area contributed by atoms with Crippen LogP contribution in [0.3, 0.4) is 0 Å². The molecule has 0 amide bonds. The first-order valence-corrected chi connectivity index (χ1v) is 9.77. The summed E-state index contributed by atoms with van der Waals surface area (Å²) in [6, 6.07) is 15.6. The van der Waals surface area contributed by atoms with Gasteiger partial charge in [-0.2, -0.15) is 0 Å². The van der Waals surface area contributed by atoms with Crippen molar-refractivity contribution in [2.45, 2.75) is 19.3 Å². The maximum atomic E-state index is 13.0. The standard InChI is InChI=1S/C24H27NO4/c1-5-29-24(27)23-21(17-8-12-20(28-4)13-9-17)14-18(15-22(23)26)16-6-10-19(11-7-16)25(2)3/h6-13,15,21,23H,5,14H2,1-4H3/t21-,23-/m1/s1. The van der Waals surface area contributed by atoms with E-state index in [1.54, 1.807) is 20.1 Å². The van der Waals surface area contributed by atoms with Gasteiger partial charge in [-0.05, 0) is 60.4 Å². The number of methoxy groups -OCH3 is 1. The summed E-state index contributed by atoms with van der Waals surface area (Å²) in [5.41, 5.74) is 3.94. The quantitative estimate of drug-likeness (QED) is 0.547. The van der Waals surface area contributed by atoms with E-state index in [1.807, 2.05) is 67.5 Å². The van der Waals surface area contributed by atoms with Gasteiger partial charge in [0, 0.05) is 25.7 Å². The minimum atomic E-state index is -0.826. The van der Waals surface area contributed by atoms with Crippen molar-refractivity contribution in [3.05, 3.63) is 65.7 Å². The number of anilines is 1. The third-order valence-corrected chi connectivity index (χ3v) is 5.30. The Bertz CT molecular complexity index is 897. The Hall–Kier alpha value is -3.08. The van der Waals surface area contributed by atoms with Gasteiger partial charge >= 0.3 is 5.97 Å². The number of allylic oxidation sites excluding steroid dienone is 2. The Labute approximate surface area is 171 Å². The predicted molar refractivity (Wildman–Crippen MR) is 114 cm³/mol. The molecule has 0 heterocycles. The topological polar surface area (TPSA) is 55.8 Å². The zero-order valence-corrected chi connectivity index (χ0v) is 17.3. The molecule has 2 aromatic carbocycles. The molecule has 0 fully saturated rings. The molecule has 0 aliphatic heterocycles. The molecule has 152 valence electrons. The molecule has 1 aliphatic rings. The number of esters is 1. The first-order valence-electron chi connectivity index (χ1n) is 9.77. The summed E-state index contributed by atoms with van der Waals surface area (Å²) in [5, 5.41) is 0. The van der Waals surface area contributed by atoms with E-state index in [4.69, 9.17) is 9.47 Å². The first-order chi connectivity index (χ1) is 13.9. The van der Waals surface area contributed by atoms with Gasteiger partial charge in [-0.1, -0.05) is 24.3 Å². The lowest BCUT2D eigenvalue weighted by Crippen LogP contribution is -2.34. The second-order valence-corrected chi connectivity index (χ2v) is 7.33. The molecule has 0 unspecified atom stereocenters. The molecule has 5 nitrogen and oxygen atoms in total. The predicted octanol–water partition coefficient (Wildman–Crippen LogP) is 4.08. The number of carbonyl (C=O) groups is 2. The minimum Gasteiger partial charge on any atom is -0.497 e. The summed E-state index contributed by atoms with van der Waals surface area (Å²) in [6.45, 7) is 2.00. The van der Waals surface area contributed by atoms with Gasteiger partial charge in [0.2, 0.25) is 0 Å². The molecule has 5 heteroatoms. The van der Waals surface area contributed by atoms with E-state index in [2.05, 4.69) is 0 Å². The van der Waals surface area contributed by atoms with Crippen LogP contribution in [-0.2, 0) is 14.3 Å². The number of ether oxygens (including phenoxy) is 2. The summed E-state index contributed by atoms with van der Waals surface area (Å²) in [4.78, 5) is 27.6. The highest BCUT2D eigenvalue weighted by Gasteiger charge is 2.39. The molecule has 0 bridgehead atoms. The Morgan fingerprint density at radius 2 is 1.72 bits per heavy atom. The zero-order valence-electron chi connectivity index (χ0n) is 17.3. The Morgan fingerprint density at radius 3 is 2.28 bits per heavy atom. The van der Waals surface area contributed by atoms with Crippen LogP contribution in [0.25, 0.3) is 5.57 Å². The van der Waals surface area contributed by atoms with Gasteiger partial charge in [0.1, 0.15) is 11.7 Å². The normalized spacial score (nSPS) is 18.8. The van der Waals surface area contributed by atoms with Gasteiger partial charge in [0.15, 0.2) is 5.78 Å². The van der Waals surface area contributed by atoms with Crippen LogP contribution in [0.1, 0.15) is 30.4 Å². The first kappa shape index (κ1) is 20.6. The fourth-order valence-electron chi connectivity index (χ4n) is 3.72. The zero-order chi connectivity index (χ0) is 21.0. The lowest BCUT2D eigenvalue weighted by molar-refractivity contribution is -0.151. The molecule has 3 rings (SSSR count). The van der Waals surface area contributed by atoms with E-state index < -0.39 is 11.9 Å². The van der Waals surface area contributed by atoms with Gasteiger partial charge < -0.3 is 14.4 Å². The van der Waals surface area contributed by atoms with E-state index >= 15 is 0 Å². The summed E-state index contributed by atoms with van der Waals surface area (Å²) in [7, 11) is 5.59. The van der Waals surface area contributed by atoms with E-state index in [9.17, 15) is 9.59 Å². The van der Waals surface area contributed by atoms with Crippen LogP contribution < -0.4 is 9.64 Å². The van der Waals surface area contributed by atoms with Crippen molar-refractivity contribution in [2.24, 2.45) is 5.92 Å². The maximum absolute atomic E-state index is 13.0. The summed E-state index contributed by atoms with van der Waals surface area (Å²) in [6.07, 6.45) is 2.19. The largest absolute Gasteiger partial charge is 0.497 e. The number of hydrogen-bond donors (Lipinski definition) is 0. The monoisotopic (exact) mass is 393 g/mol. The SMILES string of the molecule is CCOC(=O)[C@H]1C(=O)C=C(c2ccc(N(C)C)cc2)C[C@@H]1c1ccc(OC)cc1. The van der Waals surface area contributed by atoms with Crippen LogP contribution in [0.5, 0.6) is 5.75 Å². The lowest BCUT2D eigenvalue weighted by Gasteiger charge is -2.29. The number of benzene rings is 2. The van der Waals surface area contributed by atoms with Gasteiger partial charge in [-0.25, -0.2) is 0 Å². The van der Waals surface area contributed by atoms with Crippen LogP contribution in [0.2, 0.25) is 0 Å². The Balaban J connectivity index is 1.97. The average molecular weight is 393 g/mol. The van der Waals surface area contributed by atoms with Crippen LogP contribution in [0.4, 0.5) is 5.69 Å². The highest BCUT2D eigenvalue weighted by molar-refractivity contribution is 6.10. The molecule has 0 aromatic heterocycles. The van der Waals surface area contributed by atoms with Gasteiger partial charge in [-0.3, -0.25) is 9.59 Å². The number of hydrogen-bond acceptors (Lipinski definition) is 5. The van der Waals surface area contributed by atoms with Crippen LogP contribution in [-0.4, -0.2) is 39.6 Å². The van der Waals surface area contributed by atoms with E-state index in [-0.39, 0.29) is 18.3 Å². The molecule has 0 N–H and O–H groups in total. The average Bonchev–Trinajstić information content (AvgIpc) is 2.73. The smallest absolute Gasteiger partial charge is 0.317 e. The highest BCUT2D eigenvalue weighted by atomic mass is 16.5. The van der Waals surface area contributed by atoms with Crippen molar-refractivity contribution in [2.75, 3.05) is 32.7 Å². The molecule has 29 heavy (non-hydrogen) atoms. The number of rotatable bonds is 6. The third-order valence-electron chi connectivity index (χ3n) is 5.30. The Kier molecular flexibility index (Phi) is 6.37. The van der Waals surface area contributed by atoms with Crippen molar-refractivity contribution in [1.82, 2.24) is 0 Å². The number of carbonyl (C=O) groups excluding carboxylic acids is 2.